The van der Waals surface area contributed by atoms with E-state index in [-0.39, 0.29) is 36.7 Å². The minimum Gasteiger partial charge on any atom is -0.396 e. The molecule has 0 aromatic carbocycles. The van der Waals surface area contributed by atoms with Gasteiger partial charge in [0.05, 0.1) is 13.6 Å². The fourth-order valence-electron chi connectivity index (χ4n) is 7.99. The van der Waals surface area contributed by atoms with Gasteiger partial charge < -0.3 is 15.3 Å². The van der Waals surface area contributed by atoms with Crippen molar-refractivity contribution >= 4 is 0 Å². The van der Waals surface area contributed by atoms with Gasteiger partial charge in [0.2, 0.25) is 0 Å². The van der Waals surface area contributed by atoms with Crippen LogP contribution < -0.4 is 0 Å². The quantitative estimate of drug-likeness (QED) is 0.675. The maximum absolute atomic E-state index is 11.4. The molecule has 0 aliphatic heterocycles. The average Bonchev–Trinajstić information content (AvgIpc) is 3.04. The SMILES string of the molecule is [2H]C1([2H])C[C@@]2(C)[C@H](C[C@H](O)[C@@H]3[C@@H]2CC[C@]2(C)[C@@H]([C@H](C)CCCO)CC[C@@H]32)C([2H])([2H])[C@]1([2H])O. The summed E-state index contributed by atoms with van der Waals surface area (Å²) in [6.45, 7) is 6.83. The Morgan fingerprint density at radius 1 is 1.11 bits per heavy atom. The van der Waals surface area contributed by atoms with E-state index in [4.69, 9.17) is 6.85 Å². The first-order chi connectivity index (χ1) is 14.6. The molecule has 27 heavy (non-hydrogen) atoms. The summed E-state index contributed by atoms with van der Waals surface area (Å²) in [5.41, 5.74) is -0.602. The van der Waals surface area contributed by atoms with Gasteiger partial charge in [-0.2, -0.15) is 0 Å². The molecule has 10 atom stereocenters. The number of rotatable bonds is 4. The number of hydrogen-bond donors (Lipinski definition) is 3. The van der Waals surface area contributed by atoms with E-state index in [1.165, 1.54) is 0 Å². The van der Waals surface area contributed by atoms with Gasteiger partial charge in [0.25, 0.3) is 0 Å². The molecular formula is C24H42O3. The van der Waals surface area contributed by atoms with Crippen molar-refractivity contribution in [3.05, 3.63) is 0 Å². The van der Waals surface area contributed by atoms with Crippen molar-refractivity contribution in [1.82, 2.24) is 0 Å². The number of hydrogen-bond acceptors (Lipinski definition) is 3. The summed E-state index contributed by atoms with van der Waals surface area (Å²) in [7, 11) is 0. The van der Waals surface area contributed by atoms with E-state index < -0.39 is 36.3 Å². The van der Waals surface area contributed by atoms with Crippen LogP contribution in [0.15, 0.2) is 0 Å². The molecule has 3 heteroatoms. The lowest BCUT2D eigenvalue weighted by molar-refractivity contribution is -0.174. The zero-order chi connectivity index (χ0) is 23.9. The average molecular weight is 384 g/mol. The summed E-state index contributed by atoms with van der Waals surface area (Å²) in [5.74, 6) is 0.622. The van der Waals surface area contributed by atoms with Crippen LogP contribution in [-0.4, -0.2) is 34.1 Å². The van der Waals surface area contributed by atoms with Crippen molar-refractivity contribution in [1.29, 1.82) is 0 Å². The molecule has 3 nitrogen and oxygen atoms in total. The molecule has 4 saturated carbocycles. The van der Waals surface area contributed by atoms with Crippen LogP contribution in [0.4, 0.5) is 0 Å². The standard InChI is InChI=1S/C24H42O3/c1-15(5-4-12-25)18-6-7-19-22-20(9-11-24(18,19)3)23(2)10-8-17(26)13-16(23)14-21(22)27/h15-22,25-27H,4-14H2,1-3H3/t15-,16+,17-,18-,19+,20+,21+,22+,23+,24-/m1/s1/i8D2,13D2,17D. The van der Waals surface area contributed by atoms with Gasteiger partial charge in [-0.15, -0.1) is 0 Å². The molecule has 4 fully saturated rings. The Balaban J connectivity index is 1.67. The summed E-state index contributed by atoms with van der Waals surface area (Å²) in [5, 5.41) is 31.3. The van der Waals surface area contributed by atoms with Gasteiger partial charge in [-0.05, 0) is 110 Å². The van der Waals surface area contributed by atoms with E-state index >= 15 is 0 Å². The van der Waals surface area contributed by atoms with Crippen LogP contribution >= 0.6 is 0 Å². The Kier molecular flexibility index (Phi) is 4.00. The van der Waals surface area contributed by atoms with Crippen LogP contribution in [0.2, 0.25) is 0 Å². The van der Waals surface area contributed by atoms with Crippen molar-refractivity contribution in [3.8, 4) is 0 Å². The maximum atomic E-state index is 11.4. The molecule has 0 aromatic heterocycles. The lowest BCUT2D eigenvalue weighted by Crippen LogP contribution is -2.58. The number of aliphatic hydroxyl groups excluding tert-OH is 2. The highest BCUT2D eigenvalue weighted by atomic mass is 16.3. The van der Waals surface area contributed by atoms with E-state index in [1.807, 2.05) is 6.92 Å². The summed E-state index contributed by atoms with van der Waals surface area (Å²) < 4.78 is 42.3. The maximum Gasteiger partial charge on any atom is 0.0600 e. The number of fused-ring (bicyclic) bond motifs is 5. The van der Waals surface area contributed by atoms with Gasteiger partial charge in [-0.1, -0.05) is 20.8 Å². The Hall–Kier alpha value is -0.120. The molecule has 0 unspecified atom stereocenters. The normalized spacial score (nSPS) is 62.5. The minimum absolute atomic E-state index is 0.00793. The van der Waals surface area contributed by atoms with Gasteiger partial charge in [-0.25, -0.2) is 0 Å². The second-order valence-corrected chi connectivity index (χ2v) is 10.6. The fraction of sp³-hybridized carbons (Fsp3) is 1.00. The van der Waals surface area contributed by atoms with Crippen LogP contribution in [0.5, 0.6) is 0 Å². The highest BCUT2D eigenvalue weighted by Crippen LogP contribution is 2.68. The van der Waals surface area contributed by atoms with E-state index in [0.717, 1.165) is 38.5 Å². The van der Waals surface area contributed by atoms with Gasteiger partial charge in [-0.3, -0.25) is 0 Å². The molecule has 0 radical (unpaired) electrons. The van der Waals surface area contributed by atoms with E-state index in [2.05, 4.69) is 13.8 Å². The van der Waals surface area contributed by atoms with Crippen LogP contribution in [0, 0.1) is 46.3 Å². The van der Waals surface area contributed by atoms with E-state index in [1.54, 1.807) is 0 Å². The lowest BCUT2D eigenvalue weighted by Gasteiger charge is -2.62. The Morgan fingerprint density at radius 3 is 2.59 bits per heavy atom. The largest absolute Gasteiger partial charge is 0.396 e. The second kappa shape index (κ2) is 7.29. The van der Waals surface area contributed by atoms with Crippen molar-refractivity contribution < 1.29 is 22.2 Å². The van der Waals surface area contributed by atoms with Crippen LogP contribution in [0.3, 0.4) is 0 Å². The topological polar surface area (TPSA) is 60.7 Å². The molecule has 0 aromatic rings. The van der Waals surface area contributed by atoms with Crippen LogP contribution in [-0.2, 0) is 0 Å². The summed E-state index contributed by atoms with van der Waals surface area (Å²) in [4.78, 5) is 0. The summed E-state index contributed by atoms with van der Waals surface area (Å²) in [6, 6.07) is 0. The first-order valence-electron chi connectivity index (χ1n) is 13.7. The van der Waals surface area contributed by atoms with E-state index in [9.17, 15) is 15.3 Å². The molecule has 4 aliphatic carbocycles. The van der Waals surface area contributed by atoms with Gasteiger partial charge in [0, 0.05) is 12.1 Å². The predicted octanol–water partition coefficient (Wildman–Crippen LogP) is 4.39. The first kappa shape index (κ1) is 14.8. The van der Waals surface area contributed by atoms with Crippen LogP contribution in [0.25, 0.3) is 0 Å². The molecule has 0 bridgehead atoms. The molecule has 156 valence electrons. The Labute approximate surface area is 173 Å². The Bertz CT molecular complexity index is 730. The lowest BCUT2D eigenvalue weighted by atomic mass is 9.43. The molecular weight excluding hydrogens is 336 g/mol. The predicted molar refractivity (Wildman–Crippen MR) is 108 cm³/mol. The zero-order valence-electron chi connectivity index (χ0n) is 22.2. The fourth-order valence-corrected chi connectivity index (χ4v) is 7.99. The van der Waals surface area contributed by atoms with Gasteiger partial charge >= 0.3 is 0 Å². The molecule has 0 amide bonds. The van der Waals surface area contributed by atoms with Crippen molar-refractivity contribution in [3.63, 3.8) is 0 Å². The Morgan fingerprint density at radius 2 is 1.85 bits per heavy atom. The van der Waals surface area contributed by atoms with Crippen LogP contribution in [0.1, 0.15) is 91.7 Å². The monoisotopic (exact) mass is 383 g/mol. The first-order valence-corrected chi connectivity index (χ1v) is 11.2. The van der Waals surface area contributed by atoms with Crippen molar-refractivity contribution in [2.75, 3.05) is 6.61 Å². The third kappa shape index (κ3) is 3.11. The molecule has 0 heterocycles. The summed E-state index contributed by atoms with van der Waals surface area (Å²) in [6.07, 6.45) is -2.41. The smallest absolute Gasteiger partial charge is 0.0600 e. The molecule has 4 rings (SSSR count). The van der Waals surface area contributed by atoms with Gasteiger partial charge in [0.1, 0.15) is 0 Å². The number of aliphatic hydroxyl groups is 3. The highest BCUT2D eigenvalue weighted by Gasteiger charge is 2.62. The molecule has 0 saturated heterocycles. The van der Waals surface area contributed by atoms with E-state index in [0.29, 0.717) is 17.8 Å². The minimum atomic E-state index is -2.83. The van der Waals surface area contributed by atoms with Gasteiger partial charge in [0.15, 0.2) is 0 Å². The molecule has 0 spiro atoms. The second-order valence-electron chi connectivity index (χ2n) is 10.6. The molecule has 3 N–H and O–H groups in total. The summed E-state index contributed by atoms with van der Waals surface area (Å²) >= 11 is 0. The van der Waals surface area contributed by atoms with Crippen molar-refractivity contribution in [2.24, 2.45) is 46.3 Å². The van der Waals surface area contributed by atoms with Crippen molar-refractivity contribution in [2.45, 2.75) is 97.1 Å². The third-order valence-electron chi connectivity index (χ3n) is 9.42. The third-order valence-corrected chi connectivity index (χ3v) is 9.42. The zero-order valence-corrected chi connectivity index (χ0v) is 17.2. The highest BCUT2D eigenvalue weighted by molar-refractivity contribution is 5.11. The molecule has 4 aliphatic rings.